The Labute approximate surface area is 206 Å². The number of H-pyrrole nitrogens is 1. The zero-order valence-corrected chi connectivity index (χ0v) is 19.7. The van der Waals surface area contributed by atoms with Crippen LogP contribution in [0.5, 0.6) is 0 Å². The summed E-state index contributed by atoms with van der Waals surface area (Å²) < 4.78 is 55.9. The molecule has 0 radical (unpaired) electrons. The molecule has 0 fully saturated rings. The maximum atomic E-state index is 14.9. The zero-order valence-electron chi connectivity index (χ0n) is 19.7. The number of fused-ring (bicyclic) bond motifs is 1. The van der Waals surface area contributed by atoms with E-state index in [0.29, 0.717) is 24.1 Å². The van der Waals surface area contributed by atoms with Crippen LogP contribution < -0.4 is 22.2 Å². The number of alkyl halides is 3. The third-order valence-corrected chi connectivity index (χ3v) is 5.74. The predicted octanol–water partition coefficient (Wildman–Crippen LogP) is 3.27. The summed E-state index contributed by atoms with van der Waals surface area (Å²) >= 11 is 0. The van der Waals surface area contributed by atoms with Gasteiger partial charge >= 0.3 is 6.18 Å². The third-order valence-electron chi connectivity index (χ3n) is 5.74. The third kappa shape index (κ3) is 5.42. The molecule has 0 aliphatic rings. The number of halogens is 4. The highest BCUT2D eigenvalue weighted by molar-refractivity contribution is 5.83. The molecule has 0 spiro atoms. The van der Waals surface area contributed by atoms with Crippen LogP contribution in [-0.2, 0) is 12.7 Å². The second kappa shape index (κ2) is 9.95. The summed E-state index contributed by atoms with van der Waals surface area (Å²) in [6, 6.07) is 2.04. The van der Waals surface area contributed by atoms with E-state index in [2.05, 4.69) is 25.4 Å². The number of anilines is 2. The van der Waals surface area contributed by atoms with Crippen molar-refractivity contribution >= 4 is 22.5 Å². The van der Waals surface area contributed by atoms with Crippen molar-refractivity contribution in [3.63, 3.8) is 0 Å². The number of benzene rings is 1. The van der Waals surface area contributed by atoms with Crippen molar-refractivity contribution in [3.05, 3.63) is 68.5 Å². The number of aryl methyl sites for hydroxylation is 2. The summed E-state index contributed by atoms with van der Waals surface area (Å²) in [6.45, 7) is 3.54. The molecule has 4 N–H and O–H groups in total. The molecule has 0 bridgehead atoms. The van der Waals surface area contributed by atoms with Gasteiger partial charge in [-0.15, -0.1) is 0 Å². The molecule has 3 heterocycles. The van der Waals surface area contributed by atoms with E-state index in [-0.39, 0.29) is 29.0 Å². The fraction of sp³-hybridized carbons (Fsp3) is 0.304. The standard InChI is InChI=1S/C23H22F4N8O2/c1-11-8-29-22(28)33-19(11)13-7-16-14(6-15(13)24)21(37)35(10-30-16)5-3-4-12(2)32-17-9-31-34-20(36)18(17)23(25,26)27/h6-10,12H,3-5H2,1-2H3,(H2,28,29,33)(H2,32,34,36)/t12-/m0/s1. The van der Waals surface area contributed by atoms with Gasteiger partial charge < -0.3 is 11.1 Å². The number of aromatic nitrogens is 6. The molecule has 0 saturated heterocycles. The van der Waals surface area contributed by atoms with Crippen LogP contribution in [-0.4, -0.2) is 35.8 Å². The van der Waals surface area contributed by atoms with Gasteiger partial charge in [-0.3, -0.25) is 14.2 Å². The number of nitrogens with two attached hydrogens (primary N) is 1. The Bertz CT molecular complexity index is 1580. The SMILES string of the molecule is Cc1cnc(N)nc1-c1cc2ncn(CCC[C@H](C)Nc3cn[nH]c(=O)c3C(F)(F)F)c(=O)c2cc1F. The lowest BCUT2D eigenvalue weighted by Gasteiger charge is -2.18. The summed E-state index contributed by atoms with van der Waals surface area (Å²) in [4.78, 5) is 36.8. The molecule has 0 aliphatic heterocycles. The molecule has 10 nitrogen and oxygen atoms in total. The highest BCUT2D eigenvalue weighted by atomic mass is 19.4. The Balaban J connectivity index is 1.49. The van der Waals surface area contributed by atoms with Crippen LogP contribution >= 0.6 is 0 Å². The number of aromatic amines is 1. The van der Waals surface area contributed by atoms with E-state index in [1.807, 2.05) is 0 Å². The molecule has 0 unspecified atom stereocenters. The van der Waals surface area contributed by atoms with Crippen molar-refractivity contribution in [2.75, 3.05) is 11.1 Å². The fourth-order valence-electron chi connectivity index (χ4n) is 3.94. The molecule has 3 aromatic heterocycles. The van der Waals surface area contributed by atoms with Gasteiger partial charge in [0.05, 0.1) is 34.8 Å². The Hall–Kier alpha value is -4.36. The number of hydrogen-bond acceptors (Lipinski definition) is 8. The first kappa shape index (κ1) is 25.7. The first-order chi connectivity index (χ1) is 17.5. The van der Waals surface area contributed by atoms with E-state index in [1.165, 1.54) is 23.2 Å². The lowest BCUT2D eigenvalue weighted by Crippen LogP contribution is -2.27. The minimum absolute atomic E-state index is 0.0165. The monoisotopic (exact) mass is 518 g/mol. The average molecular weight is 518 g/mol. The van der Waals surface area contributed by atoms with E-state index in [0.717, 1.165) is 12.3 Å². The van der Waals surface area contributed by atoms with Crippen molar-refractivity contribution in [3.8, 4) is 11.3 Å². The van der Waals surface area contributed by atoms with Gasteiger partial charge in [0.15, 0.2) is 0 Å². The molecule has 4 rings (SSSR count). The first-order valence-electron chi connectivity index (χ1n) is 11.1. The van der Waals surface area contributed by atoms with Crippen molar-refractivity contribution in [2.24, 2.45) is 0 Å². The van der Waals surface area contributed by atoms with Gasteiger partial charge in [0, 0.05) is 24.3 Å². The summed E-state index contributed by atoms with van der Waals surface area (Å²) in [5.74, 6) is -0.688. The number of nitrogens with one attached hydrogen (secondary N) is 2. The minimum Gasteiger partial charge on any atom is -0.381 e. The van der Waals surface area contributed by atoms with Gasteiger partial charge in [0.1, 0.15) is 11.4 Å². The maximum Gasteiger partial charge on any atom is 0.423 e. The molecule has 1 atom stereocenters. The molecule has 0 amide bonds. The quantitative estimate of drug-likeness (QED) is 0.316. The van der Waals surface area contributed by atoms with Crippen molar-refractivity contribution in [1.82, 2.24) is 29.7 Å². The van der Waals surface area contributed by atoms with Crippen LogP contribution in [0.3, 0.4) is 0 Å². The first-order valence-corrected chi connectivity index (χ1v) is 11.1. The Morgan fingerprint density at radius 3 is 2.68 bits per heavy atom. The average Bonchev–Trinajstić information content (AvgIpc) is 2.81. The smallest absolute Gasteiger partial charge is 0.381 e. The van der Waals surface area contributed by atoms with Gasteiger partial charge in [0.25, 0.3) is 11.1 Å². The Morgan fingerprint density at radius 2 is 1.95 bits per heavy atom. The molecule has 194 valence electrons. The number of hydrogen-bond donors (Lipinski definition) is 3. The Kier molecular flexibility index (Phi) is 6.92. The van der Waals surface area contributed by atoms with Crippen molar-refractivity contribution < 1.29 is 17.6 Å². The maximum absolute atomic E-state index is 14.9. The predicted molar refractivity (Wildman–Crippen MR) is 128 cm³/mol. The summed E-state index contributed by atoms with van der Waals surface area (Å²) in [5, 5.41) is 7.92. The van der Waals surface area contributed by atoms with Gasteiger partial charge in [-0.05, 0) is 44.4 Å². The molecule has 4 aromatic rings. The summed E-state index contributed by atoms with van der Waals surface area (Å²) in [7, 11) is 0. The number of nitrogen functional groups attached to an aromatic ring is 1. The fourth-order valence-corrected chi connectivity index (χ4v) is 3.94. The lowest BCUT2D eigenvalue weighted by molar-refractivity contribution is -0.138. The molecule has 0 saturated carbocycles. The second-order valence-electron chi connectivity index (χ2n) is 8.53. The topological polar surface area (TPSA) is 144 Å². The van der Waals surface area contributed by atoms with Crippen LogP contribution in [0.4, 0.5) is 29.2 Å². The van der Waals surface area contributed by atoms with E-state index < -0.39 is 40.4 Å². The summed E-state index contributed by atoms with van der Waals surface area (Å²) in [6.07, 6.45) is -0.405. The molecule has 14 heteroatoms. The normalized spacial score (nSPS) is 12.6. The van der Waals surface area contributed by atoms with Crippen LogP contribution in [0.15, 0.2) is 40.4 Å². The van der Waals surface area contributed by atoms with Crippen LogP contribution in [0, 0.1) is 12.7 Å². The summed E-state index contributed by atoms with van der Waals surface area (Å²) in [5.41, 5.74) is 3.34. The van der Waals surface area contributed by atoms with E-state index in [9.17, 15) is 27.2 Å². The molecule has 0 aliphatic carbocycles. The zero-order chi connectivity index (χ0) is 26.9. The molecule has 37 heavy (non-hydrogen) atoms. The van der Waals surface area contributed by atoms with Gasteiger partial charge in [-0.1, -0.05) is 0 Å². The minimum atomic E-state index is -4.85. The second-order valence-corrected chi connectivity index (χ2v) is 8.53. The van der Waals surface area contributed by atoms with Crippen molar-refractivity contribution in [2.45, 2.75) is 45.5 Å². The van der Waals surface area contributed by atoms with Crippen LogP contribution in [0.2, 0.25) is 0 Å². The van der Waals surface area contributed by atoms with Gasteiger partial charge in [0.2, 0.25) is 5.95 Å². The van der Waals surface area contributed by atoms with Crippen LogP contribution in [0.25, 0.3) is 22.2 Å². The Morgan fingerprint density at radius 1 is 1.19 bits per heavy atom. The molecule has 1 aromatic carbocycles. The van der Waals surface area contributed by atoms with Crippen LogP contribution in [0.1, 0.15) is 30.9 Å². The van der Waals surface area contributed by atoms with Gasteiger partial charge in [-0.25, -0.2) is 24.4 Å². The molecular weight excluding hydrogens is 496 g/mol. The number of rotatable bonds is 7. The van der Waals surface area contributed by atoms with E-state index >= 15 is 0 Å². The highest BCUT2D eigenvalue weighted by Crippen LogP contribution is 2.32. The van der Waals surface area contributed by atoms with Gasteiger partial charge in [-0.2, -0.15) is 18.3 Å². The van der Waals surface area contributed by atoms with E-state index in [4.69, 9.17) is 5.73 Å². The largest absolute Gasteiger partial charge is 0.423 e. The van der Waals surface area contributed by atoms with E-state index in [1.54, 1.807) is 18.9 Å². The number of nitrogens with zero attached hydrogens (tertiary/aromatic N) is 5. The van der Waals surface area contributed by atoms with Crippen molar-refractivity contribution in [1.29, 1.82) is 0 Å². The molecular formula is C23H22F4N8O2. The lowest BCUT2D eigenvalue weighted by atomic mass is 10.1. The highest BCUT2D eigenvalue weighted by Gasteiger charge is 2.37.